The Labute approximate surface area is 156 Å². The molecule has 0 bridgehead atoms. The van der Waals surface area contributed by atoms with Crippen molar-refractivity contribution in [2.24, 2.45) is 0 Å². The first-order chi connectivity index (χ1) is 12.6. The fourth-order valence-corrected chi connectivity index (χ4v) is 2.60. The zero-order chi connectivity index (χ0) is 18.4. The Hall–Kier alpha value is -3.17. The van der Waals surface area contributed by atoms with Gasteiger partial charge in [0.2, 0.25) is 0 Å². The van der Waals surface area contributed by atoms with Gasteiger partial charge in [-0.05, 0) is 36.4 Å². The van der Waals surface area contributed by atoms with Crippen molar-refractivity contribution >= 4 is 28.9 Å². The van der Waals surface area contributed by atoms with Gasteiger partial charge < -0.3 is 5.32 Å². The van der Waals surface area contributed by atoms with Gasteiger partial charge in [0.1, 0.15) is 0 Å². The highest BCUT2D eigenvalue weighted by atomic mass is 35.5. The van der Waals surface area contributed by atoms with Crippen molar-refractivity contribution in [3.63, 3.8) is 0 Å². The number of anilines is 1. The second kappa shape index (κ2) is 8.28. The van der Waals surface area contributed by atoms with Crippen LogP contribution in [0.2, 0.25) is 5.02 Å². The fourth-order valence-electron chi connectivity index (χ4n) is 2.47. The van der Waals surface area contributed by atoms with Gasteiger partial charge in [-0.3, -0.25) is 9.59 Å². The molecule has 0 saturated carbocycles. The molecule has 3 aromatic rings. The van der Waals surface area contributed by atoms with Gasteiger partial charge in [-0.2, -0.15) is 0 Å². The van der Waals surface area contributed by atoms with Gasteiger partial charge in [-0.1, -0.05) is 54.1 Å². The van der Waals surface area contributed by atoms with E-state index < -0.39 is 0 Å². The Morgan fingerprint density at radius 2 is 1.42 bits per heavy atom. The van der Waals surface area contributed by atoms with E-state index in [1.54, 1.807) is 48.5 Å². The lowest BCUT2D eigenvalue weighted by molar-refractivity contribution is 0.103. The lowest BCUT2D eigenvalue weighted by atomic mass is 10.0. The maximum Gasteiger partial charge on any atom is 0.195 e. The monoisotopic (exact) mass is 361 g/mol. The van der Waals surface area contributed by atoms with Crippen molar-refractivity contribution in [1.29, 1.82) is 0 Å². The number of hydrogen-bond acceptors (Lipinski definition) is 3. The molecule has 0 amide bonds. The summed E-state index contributed by atoms with van der Waals surface area (Å²) >= 11 is 5.82. The van der Waals surface area contributed by atoms with E-state index in [-0.39, 0.29) is 11.6 Å². The van der Waals surface area contributed by atoms with Crippen molar-refractivity contribution in [3.8, 4) is 0 Å². The molecule has 0 aromatic heterocycles. The first kappa shape index (κ1) is 17.6. The highest BCUT2D eigenvalue weighted by Gasteiger charge is 2.12. The van der Waals surface area contributed by atoms with Crippen LogP contribution >= 0.6 is 11.6 Å². The quantitative estimate of drug-likeness (QED) is 0.473. The third kappa shape index (κ3) is 4.26. The average Bonchev–Trinajstić information content (AvgIpc) is 2.69. The number of para-hydroxylation sites is 1. The molecule has 0 unspecified atom stereocenters. The van der Waals surface area contributed by atoms with Crippen molar-refractivity contribution < 1.29 is 9.59 Å². The second-order valence-electron chi connectivity index (χ2n) is 5.59. The minimum Gasteiger partial charge on any atom is -0.361 e. The molecule has 3 rings (SSSR count). The molecule has 1 N–H and O–H groups in total. The van der Waals surface area contributed by atoms with Gasteiger partial charge in [0.05, 0.1) is 0 Å². The molecule has 26 heavy (non-hydrogen) atoms. The van der Waals surface area contributed by atoms with Gasteiger partial charge in [0.25, 0.3) is 0 Å². The van der Waals surface area contributed by atoms with E-state index in [2.05, 4.69) is 5.32 Å². The molecule has 4 heteroatoms. The molecule has 0 atom stereocenters. The molecule has 0 fully saturated rings. The van der Waals surface area contributed by atoms with E-state index in [4.69, 9.17) is 11.6 Å². The van der Waals surface area contributed by atoms with E-state index in [9.17, 15) is 9.59 Å². The number of rotatable bonds is 6. The van der Waals surface area contributed by atoms with Crippen LogP contribution in [-0.4, -0.2) is 11.6 Å². The molecular formula is C22H16ClNO2. The molecule has 0 aliphatic rings. The van der Waals surface area contributed by atoms with Gasteiger partial charge in [-0.25, -0.2) is 0 Å². The van der Waals surface area contributed by atoms with E-state index in [0.717, 1.165) is 0 Å². The zero-order valence-electron chi connectivity index (χ0n) is 13.9. The van der Waals surface area contributed by atoms with Crippen LogP contribution in [0.15, 0.2) is 91.1 Å². The van der Waals surface area contributed by atoms with Crippen LogP contribution < -0.4 is 5.32 Å². The molecule has 0 radical (unpaired) electrons. The van der Waals surface area contributed by atoms with Gasteiger partial charge in [-0.15, -0.1) is 0 Å². The first-order valence-corrected chi connectivity index (χ1v) is 8.45. The molecule has 0 heterocycles. The zero-order valence-corrected chi connectivity index (χ0v) is 14.6. The van der Waals surface area contributed by atoms with E-state index in [1.807, 2.05) is 30.3 Å². The van der Waals surface area contributed by atoms with E-state index >= 15 is 0 Å². The lowest BCUT2D eigenvalue weighted by Crippen LogP contribution is -2.05. The lowest BCUT2D eigenvalue weighted by Gasteiger charge is -2.08. The Kier molecular flexibility index (Phi) is 5.62. The Bertz CT molecular complexity index is 947. The summed E-state index contributed by atoms with van der Waals surface area (Å²) in [7, 11) is 0. The molecule has 0 saturated heterocycles. The first-order valence-electron chi connectivity index (χ1n) is 8.07. The topological polar surface area (TPSA) is 46.2 Å². The summed E-state index contributed by atoms with van der Waals surface area (Å²) in [4.78, 5) is 24.8. The van der Waals surface area contributed by atoms with Gasteiger partial charge in [0.15, 0.2) is 11.6 Å². The number of ketones is 2. The summed E-state index contributed by atoms with van der Waals surface area (Å²) in [5, 5.41) is 3.61. The predicted octanol–water partition coefficient (Wildman–Crippen LogP) is 5.38. The smallest absolute Gasteiger partial charge is 0.195 e. The summed E-state index contributed by atoms with van der Waals surface area (Å²) in [5.41, 5.74) is 2.34. The molecule has 3 nitrogen and oxygen atoms in total. The van der Waals surface area contributed by atoms with Crippen molar-refractivity contribution in [2.75, 3.05) is 5.32 Å². The molecule has 0 spiro atoms. The number of allylic oxidation sites excluding steroid dienone is 1. The van der Waals surface area contributed by atoms with Crippen LogP contribution in [0.3, 0.4) is 0 Å². The Morgan fingerprint density at radius 1 is 0.769 bits per heavy atom. The van der Waals surface area contributed by atoms with Crippen LogP contribution in [-0.2, 0) is 0 Å². The van der Waals surface area contributed by atoms with Crippen LogP contribution in [0.1, 0.15) is 26.3 Å². The normalized spacial score (nSPS) is 10.7. The van der Waals surface area contributed by atoms with Gasteiger partial charge >= 0.3 is 0 Å². The minimum absolute atomic E-state index is 0.0777. The SMILES string of the molecule is O=C(C=CNc1ccccc1C(=O)c1ccccc1)c1ccc(Cl)cc1. The number of nitrogens with one attached hydrogen (secondary N) is 1. The van der Waals surface area contributed by atoms with E-state index in [0.29, 0.717) is 27.4 Å². The Balaban J connectivity index is 1.75. The standard InChI is InChI=1S/C22H16ClNO2/c23-18-12-10-16(11-13-18)21(25)14-15-24-20-9-5-4-8-19(20)22(26)17-6-2-1-3-7-17/h1-15,24H. The molecule has 3 aromatic carbocycles. The van der Waals surface area contributed by atoms with Gasteiger partial charge in [0, 0.05) is 39.7 Å². The second-order valence-corrected chi connectivity index (χ2v) is 6.03. The largest absolute Gasteiger partial charge is 0.361 e. The number of hydrogen-bond donors (Lipinski definition) is 1. The third-order valence-electron chi connectivity index (χ3n) is 3.81. The van der Waals surface area contributed by atoms with Crippen molar-refractivity contribution in [3.05, 3.63) is 113 Å². The highest BCUT2D eigenvalue weighted by Crippen LogP contribution is 2.19. The fraction of sp³-hybridized carbons (Fsp3) is 0. The average molecular weight is 362 g/mol. The maximum absolute atomic E-state index is 12.7. The van der Waals surface area contributed by atoms with Crippen LogP contribution in [0.4, 0.5) is 5.69 Å². The number of carbonyl (C=O) groups excluding carboxylic acids is 2. The molecule has 0 aliphatic carbocycles. The summed E-state index contributed by atoms with van der Waals surface area (Å²) in [5.74, 6) is -0.229. The van der Waals surface area contributed by atoms with Crippen molar-refractivity contribution in [2.45, 2.75) is 0 Å². The molecule has 0 aliphatic heterocycles. The van der Waals surface area contributed by atoms with Crippen LogP contribution in [0.5, 0.6) is 0 Å². The summed E-state index contributed by atoms with van der Waals surface area (Å²) in [6.07, 6.45) is 2.96. The molecular weight excluding hydrogens is 346 g/mol. The van der Waals surface area contributed by atoms with E-state index in [1.165, 1.54) is 12.3 Å². The van der Waals surface area contributed by atoms with Crippen LogP contribution in [0, 0.1) is 0 Å². The number of benzene rings is 3. The number of carbonyl (C=O) groups is 2. The highest BCUT2D eigenvalue weighted by molar-refractivity contribution is 6.30. The summed E-state index contributed by atoms with van der Waals surface area (Å²) in [6.45, 7) is 0. The summed E-state index contributed by atoms with van der Waals surface area (Å²) in [6, 6.07) is 23.0. The predicted molar refractivity (Wildman–Crippen MR) is 105 cm³/mol. The summed E-state index contributed by atoms with van der Waals surface area (Å²) < 4.78 is 0. The third-order valence-corrected chi connectivity index (χ3v) is 4.06. The van der Waals surface area contributed by atoms with Crippen LogP contribution in [0.25, 0.3) is 0 Å². The maximum atomic E-state index is 12.7. The number of halogens is 1. The minimum atomic E-state index is -0.152. The van der Waals surface area contributed by atoms with Crippen molar-refractivity contribution in [1.82, 2.24) is 0 Å². The molecule has 128 valence electrons. The Morgan fingerprint density at radius 3 is 2.15 bits per heavy atom.